The molecule has 1 aliphatic heterocycles. The van der Waals surface area contributed by atoms with Gasteiger partial charge in [-0.2, -0.15) is 18.3 Å². The van der Waals surface area contributed by atoms with Crippen LogP contribution in [-0.2, 0) is 11.2 Å². The summed E-state index contributed by atoms with van der Waals surface area (Å²) in [4.78, 5) is 6.59. The number of alkyl halides is 3. The van der Waals surface area contributed by atoms with E-state index in [1.165, 1.54) is 30.8 Å². The third-order valence-electron chi connectivity index (χ3n) is 7.27. The van der Waals surface area contributed by atoms with Gasteiger partial charge < -0.3 is 10.5 Å². The Kier molecular flexibility index (Phi) is 5.44. The number of halogens is 3. The fraction of sp³-hybridized carbons (Fsp3) is 0.652. The highest BCUT2D eigenvalue weighted by atomic mass is 19.4. The van der Waals surface area contributed by atoms with E-state index in [1.807, 2.05) is 4.68 Å². The van der Waals surface area contributed by atoms with E-state index < -0.39 is 12.6 Å². The van der Waals surface area contributed by atoms with Crippen LogP contribution in [0.25, 0.3) is 11.3 Å². The number of rotatable bonds is 5. The van der Waals surface area contributed by atoms with E-state index in [4.69, 9.17) is 15.6 Å². The van der Waals surface area contributed by atoms with Crippen molar-refractivity contribution in [3.63, 3.8) is 0 Å². The molecule has 9 heteroatoms. The van der Waals surface area contributed by atoms with Crippen molar-refractivity contribution in [1.29, 1.82) is 0 Å². The highest BCUT2D eigenvalue weighted by Gasteiger charge is 2.58. The van der Waals surface area contributed by atoms with Gasteiger partial charge in [-0.1, -0.05) is 0 Å². The molecule has 2 aromatic heterocycles. The minimum Gasteiger partial charge on any atom is -0.383 e. The molecule has 0 amide bonds. The number of nitrogens with two attached hydrogens (primary N) is 1. The van der Waals surface area contributed by atoms with Crippen LogP contribution in [0.1, 0.15) is 49.9 Å². The number of anilines is 1. The average Bonchev–Trinajstić information content (AvgIpc) is 3.09. The minimum absolute atomic E-state index is 0.00714. The Morgan fingerprint density at radius 2 is 1.84 bits per heavy atom. The maximum atomic E-state index is 12.9. The number of hydrogen-bond acceptors (Lipinski definition) is 5. The lowest BCUT2D eigenvalue weighted by molar-refractivity contribution is -0.127. The van der Waals surface area contributed by atoms with Crippen LogP contribution in [0.5, 0.6) is 0 Å². The van der Waals surface area contributed by atoms with Crippen LogP contribution in [0, 0.1) is 11.8 Å². The molecule has 2 N–H and O–H groups in total. The molecular weight excluding hydrogens is 419 g/mol. The smallest absolute Gasteiger partial charge is 0.383 e. The number of morpholine rings is 1. The van der Waals surface area contributed by atoms with Crippen LogP contribution < -0.4 is 5.73 Å². The molecule has 5 rings (SSSR count). The molecule has 2 saturated carbocycles. The topological polar surface area (TPSA) is 69.2 Å². The molecule has 0 spiro atoms. The summed E-state index contributed by atoms with van der Waals surface area (Å²) in [6, 6.07) is 4.35. The van der Waals surface area contributed by atoms with E-state index in [0.717, 1.165) is 26.3 Å². The van der Waals surface area contributed by atoms with Crippen molar-refractivity contribution >= 4 is 5.82 Å². The van der Waals surface area contributed by atoms with Crippen LogP contribution in [0.3, 0.4) is 0 Å². The van der Waals surface area contributed by atoms with Gasteiger partial charge in [-0.25, -0.2) is 4.98 Å². The second kappa shape index (κ2) is 8.02. The third kappa shape index (κ3) is 4.12. The van der Waals surface area contributed by atoms with Gasteiger partial charge in [0.1, 0.15) is 5.82 Å². The summed E-state index contributed by atoms with van der Waals surface area (Å²) in [6.45, 7) is 7.87. The second-order valence-electron chi connectivity index (χ2n) is 9.68. The molecule has 3 aliphatic rings. The number of hydrogen-bond donors (Lipinski definition) is 1. The number of nitrogen functional groups attached to an aromatic ring is 1. The number of fused-ring (bicyclic) bond motifs is 1. The summed E-state index contributed by atoms with van der Waals surface area (Å²) >= 11 is 0. The Morgan fingerprint density at radius 3 is 2.47 bits per heavy atom. The van der Waals surface area contributed by atoms with Gasteiger partial charge >= 0.3 is 6.18 Å². The summed E-state index contributed by atoms with van der Waals surface area (Å²) < 4.78 is 46.3. The molecule has 0 bridgehead atoms. The predicted molar refractivity (Wildman–Crippen MR) is 115 cm³/mol. The van der Waals surface area contributed by atoms with E-state index in [9.17, 15) is 13.2 Å². The minimum atomic E-state index is -4.33. The first kappa shape index (κ1) is 21.7. The summed E-state index contributed by atoms with van der Waals surface area (Å²) in [7, 11) is 0. The van der Waals surface area contributed by atoms with Gasteiger partial charge in [0.05, 0.1) is 25.3 Å². The van der Waals surface area contributed by atoms with E-state index in [2.05, 4.69) is 29.8 Å². The monoisotopic (exact) mass is 449 g/mol. The summed E-state index contributed by atoms with van der Waals surface area (Å²) in [5, 5.41) is 4.77. The number of nitrogens with zero attached hydrogens (tertiary/aromatic N) is 4. The van der Waals surface area contributed by atoms with Crippen molar-refractivity contribution in [1.82, 2.24) is 19.7 Å². The number of pyridine rings is 1. The standard InChI is InChI=1S/C23H30F3N5O/c1-13(2)31-20(21-17-8-16(9-18(17)21)30-3-5-32-6-4-30)10-19(29-31)15-7-14(11-23(24,25)26)22(27)28-12-15/h7,10,12-13,16-18,21H,3-6,8-9,11H2,1-2H3,(H2,27,28)/t16?,17-,18+,21?. The Labute approximate surface area is 185 Å². The Balaban J connectivity index is 1.36. The summed E-state index contributed by atoms with van der Waals surface area (Å²) in [5.41, 5.74) is 8.14. The lowest BCUT2D eigenvalue weighted by Gasteiger charge is -2.33. The lowest BCUT2D eigenvalue weighted by atomic mass is 10.0. The zero-order valence-electron chi connectivity index (χ0n) is 18.5. The first-order valence-corrected chi connectivity index (χ1v) is 11.4. The molecule has 4 atom stereocenters. The van der Waals surface area contributed by atoms with Gasteiger partial charge in [0.2, 0.25) is 0 Å². The SMILES string of the molecule is CC(C)n1nc(-c2cnc(N)c(CC(F)(F)F)c2)cc1C1[C@H]2CC(N3CCOCC3)C[C@@H]12. The quantitative estimate of drug-likeness (QED) is 0.746. The van der Waals surface area contributed by atoms with Crippen molar-refractivity contribution in [2.24, 2.45) is 11.8 Å². The third-order valence-corrected chi connectivity index (χ3v) is 7.27. The average molecular weight is 450 g/mol. The van der Waals surface area contributed by atoms with Gasteiger partial charge in [0.25, 0.3) is 0 Å². The molecular formula is C23H30F3N5O. The maximum absolute atomic E-state index is 12.9. The molecule has 32 heavy (non-hydrogen) atoms. The van der Waals surface area contributed by atoms with Crippen molar-refractivity contribution < 1.29 is 17.9 Å². The van der Waals surface area contributed by atoms with Crippen LogP contribution in [0.2, 0.25) is 0 Å². The van der Waals surface area contributed by atoms with Crippen LogP contribution in [-0.4, -0.2) is 58.2 Å². The van der Waals surface area contributed by atoms with E-state index in [1.54, 1.807) is 0 Å². The first-order valence-electron chi connectivity index (χ1n) is 11.4. The van der Waals surface area contributed by atoms with Crippen LogP contribution >= 0.6 is 0 Å². The molecule has 0 radical (unpaired) electrons. The highest BCUT2D eigenvalue weighted by molar-refractivity contribution is 5.62. The molecule has 6 nitrogen and oxygen atoms in total. The number of ether oxygens (including phenoxy) is 1. The molecule has 3 fully saturated rings. The zero-order valence-corrected chi connectivity index (χ0v) is 18.5. The molecule has 2 unspecified atom stereocenters. The van der Waals surface area contributed by atoms with Gasteiger partial charge in [0, 0.05) is 54.1 Å². The molecule has 2 aromatic rings. The van der Waals surface area contributed by atoms with Crippen molar-refractivity contribution in [2.45, 2.75) is 57.3 Å². The van der Waals surface area contributed by atoms with E-state index >= 15 is 0 Å². The number of aromatic nitrogens is 3. The summed E-state index contributed by atoms with van der Waals surface area (Å²) in [5.74, 6) is 1.72. The molecule has 174 valence electrons. The Morgan fingerprint density at radius 1 is 1.16 bits per heavy atom. The van der Waals surface area contributed by atoms with Crippen molar-refractivity contribution in [3.05, 3.63) is 29.6 Å². The lowest BCUT2D eigenvalue weighted by Crippen LogP contribution is -2.43. The van der Waals surface area contributed by atoms with Gasteiger partial charge in [-0.05, 0) is 50.7 Å². The molecule has 1 saturated heterocycles. The maximum Gasteiger partial charge on any atom is 0.393 e. The van der Waals surface area contributed by atoms with Gasteiger partial charge in [-0.15, -0.1) is 0 Å². The van der Waals surface area contributed by atoms with Crippen molar-refractivity contribution in [2.75, 3.05) is 32.0 Å². The molecule has 0 aromatic carbocycles. The Bertz CT molecular complexity index is 970. The first-order chi connectivity index (χ1) is 15.2. The fourth-order valence-electron chi connectivity index (χ4n) is 5.72. The highest BCUT2D eigenvalue weighted by Crippen LogP contribution is 2.64. The fourth-order valence-corrected chi connectivity index (χ4v) is 5.72. The van der Waals surface area contributed by atoms with Gasteiger partial charge in [0.15, 0.2) is 0 Å². The second-order valence-corrected chi connectivity index (χ2v) is 9.68. The van der Waals surface area contributed by atoms with Crippen LogP contribution in [0.15, 0.2) is 18.3 Å². The zero-order chi connectivity index (χ0) is 22.6. The Hall–Kier alpha value is -2.13. The predicted octanol–water partition coefficient (Wildman–Crippen LogP) is 4.04. The van der Waals surface area contributed by atoms with Crippen molar-refractivity contribution in [3.8, 4) is 11.3 Å². The molecule has 2 aliphatic carbocycles. The van der Waals surface area contributed by atoms with Crippen LogP contribution in [0.4, 0.5) is 19.0 Å². The summed E-state index contributed by atoms with van der Waals surface area (Å²) in [6.07, 6.45) is -1.50. The largest absolute Gasteiger partial charge is 0.393 e. The normalized spacial score (nSPS) is 28.3. The van der Waals surface area contributed by atoms with Gasteiger partial charge in [-0.3, -0.25) is 9.58 Å². The van der Waals surface area contributed by atoms with E-state index in [-0.39, 0.29) is 17.4 Å². The molecule has 3 heterocycles. The van der Waals surface area contributed by atoms with E-state index in [0.29, 0.717) is 35.1 Å².